The van der Waals surface area contributed by atoms with E-state index in [-0.39, 0.29) is 0 Å². The fraction of sp³-hybridized carbons (Fsp3) is 0.571. The maximum Gasteiger partial charge on any atom is 0.122 e. The maximum atomic E-state index is 5.41. The highest BCUT2D eigenvalue weighted by molar-refractivity contribution is 5.49. The first-order chi connectivity index (χ1) is 7.65. The molecule has 1 aromatic carbocycles. The summed E-state index contributed by atoms with van der Waals surface area (Å²) in [4.78, 5) is 0. The van der Waals surface area contributed by atoms with Gasteiger partial charge in [0.2, 0.25) is 0 Å². The molecule has 1 atom stereocenters. The fourth-order valence-electron chi connectivity index (χ4n) is 2.81. The van der Waals surface area contributed by atoms with Crippen molar-refractivity contribution < 1.29 is 4.74 Å². The number of hydrogen-bond donors (Lipinski definition) is 1. The second kappa shape index (κ2) is 4.46. The molecule has 88 valence electrons. The van der Waals surface area contributed by atoms with Gasteiger partial charge in [-0.15, -0.1) is 0 Å². The van der Waals surface area contributed by atoms with Crippen LogP contribution in [0.2, 0.25) is 0 Å². The first-order valence-corrected chi connectivity index (χ1v) is 6.00. The van der Waals surface area contributed by atoms with E-state index in [1.807, 2.05) is 0 Å². The minimum absolute atomic E-state index is 0.685. The van der Waals surface area contributed by atoms with Gasteiger partial charge in [-0.2, -0.15) is 0 Å². The molecular weight excluding hydrogens is 198 g/mol. The molecule has 0 aromatic heterocycles. The Labute approximate surface area is 98.0 Å². The van der Waals surface area contributed by atoms with Crippen LogP contribution >= 0.6 is 0 Å². The molecule has 0 spiro atoms. The zero-order valence-corrected chi connectivity index (χ0v) is 10.7. The van der Waals surface area contributed by atoms with Gasteiger partial charge in [-0.25, -0.2) is 0 Å². The van der Waals surface area contributed by atoms with Gasteiger partial charge in [0, 0.05) is 6.54 Å². The monoisotopic (exact) mass is 219 g/mol. The summed E-state index contributed by atoms with van der Waals surface area (Å²) < 4.78 is 5.41. The Hall–Kier alpha value is -1.02. The molecule has 1 aliphatic rings. The minimum atomic E-state index is 0.685. The third kappa shape index (κ3) is 1.82. The Bertz CT molecular complexity index is 392. The van der Waals surface area contributed by atoms with Crippen LogP contribution in [0.3, 0.4) is 0 Å². The van der Waals surface area contributed by atoms with E-state index < -0.39 is 0 Å². The number of hydrogen-bond acceptors (Lipinski definition) is 2. The van der Waals surface area contributed by atoms with E-state index >= 15 is 0 Å². The van der Waals surface area contributed by atoms with Crippen LogP contribution in [0, 0.1) is 20.8 Å². The highest BCUT2D eigenvalue weighted by Crippen LogP contribution is 2.34. The maximum absolute atomic E-state index is 5.41. The van der Waals surface area contributed by atoms with Crippen molar-refractivity contribution in [2.24, 2.45) is 0 Å². The highest BCUT2D eigenvalue weighted by Gasteiger charge is 2.22. The van der Waals surface area contributed by atoms with Gasteiger partial charge in [0.1, 0.15) is 5.75 Å². The van der Waals surface area contributed by atoms with Crippen LogP contribution in [0.25, 0.3) is 0 Å². The van der Waals surface area contributed by atoms with E-state index in [1.165, 1.54) is 28.7 Å². The molecule has 2 heteroatoms. The van der Waals surface area contributed by atoms with E-state index in [2.05, 4.69) is 32.2 Å². The van der Waals surface area contributed by atoms with E-state index in [1.54, 1.807) is 7.11 Å². The largest absolute Gasteiger partial charge is 0.496 e. The summed E-state index contributed by atoms with van der Waals surface area (Å²) in [6.07, 6.45) is 1.26. The molecule has 1 aromatic rings. The molecule has 16 heavy (non-hydrogen) atoms. The first-order valence-electron chi connectivity index (χ1n) is 6.00. The van der Waals surface area contributed by atoms with Gasteiger partial charge in [0.15, 0.2) is 0 Å². The molecule has 1 saturated heterocycles. The third-order valence-corrected chi connectivity index (χ3v) is 3.80. The van der Waals surface area contributed by atoms with Gasteiger partial charge in [-0.05, 0) is 68.0 Å². The lowest BCUT2D eigenvalue weighted by Crippen LogP contribution is -2.10. The van der Waals surface area contributed by atoms with Crippen molar-refractivity contribution in [2.75, 3.05) is 20.2 Å². The molecule has 1 N–H and O–H groups in total. The Morgan fingerprint density at radius 2 is 2.00 bits per heavy atom. The number of methoxy groups -OCH3 is 1. The van der Waals surface area contributed by atoms with Crippen LogP contribution in [0.4, 0.5) is 0 Å². The van der Waals surface area contributed by atoms with E-state index in [4.69, 9.17) is 4.74 Å². The molecular formula is C14H21NO. The molecule has 2 rings (SSSR count). The van der Waals surface area contributed by atoms with Gasteiger partial charge in [-0.1, -0.05) is 0 Å². The fourth-order valence-corrected chi connectivity index (χ4v) is 2.81. The average Bonchev–Trinajstić information content (AvgIpc) is 2.77. The predicted molar refractivity (Wildman–Crippen MR) is 67.4 cm³/mol. The highest BCUT2D eigenvalue weighted by atomic mass is 16.5. The molecule has 0 saturated carbocycles. The van der Waals surface area contributed by atoms with Crippen LogP contribution in [-0.4, -0.2) is 20.2 Å². The van der Waals surface area contributed by atoms with Gasteiger partial charge in [0.25, 0.3) is 0 Å². The lowest BCUT2D eigenvalue weighted by molar-refractivity contribution is 0.410. The standard InChI is InChI=1S/C14H21NO/c1-9-7-13(16-4)10(2)11(3)14(9)12-5-6-15-8-12/h7,12,15H,5-6,8H2,1-4H3. The van der Waals surface area contributed by atoms with E-state index in [0.29, 0.717) is 5.92 Å². The Kier molecular flexibility index (Phi) is 3.20. The summed E-state index contributed by atoms with van der Waals surface area (Å²) in [7, 11) is 1.75. The topological polar surface area (TPSA) is 21.3 Å². The number of benzene rings is 1. The van der Waals surface area contributed by atoms with Gasteiger partial charge < -0.3 is 10.1 Å². The lowest BCUT2D eigenvalue weighted by atomic mass is 9.87. The zero-order chi connectivity index (χ0) is 11.7. The average molecular weight is 219 g/mol. The predicted octanol–water partition coefficient (Wildman–Crippen LogP) is 2.70. The lowest BCUT2D eigenvalue weighted by Gasteiger charge is -2.20. The summed E-state index contributed by atoms with van der Waals surface area (Å²) in [5.74, 6) is 1.70. The molecule has 0 bridgehead atoms. The Morgan fingerprint density at radius 1 is 1.25 bits per heavy atom. The van der Waals surface area contributed by atoms with Gasteiger partial charge >= 0.3 is 0 Å². The van der Waals surface area contributed by atoms with E-state index in [9.17, 15) is 0 Å². The third-order valence-electron chi connectivity index (χ3n) is 3.80. The molecule has 1 unspecified atom stereocenters. The molecule has 1 heterocycles. The van der Waals surface area contributed by atoms with Crippen molar-refractivity contribution in [3.8, 4) is 5.75 Å². The number of rotatable bonds is 2. The zero-order valence-electron chi connectivity index (χ0n) is 10.7. The van der Waals surface area contributed by atoms with Gasteiger partial charge in [-0.3, -0.25) is 0 Å². The van der Waals surface area contributed by atoms with Crippen LogP contribution in [0.15, 0.2) is 6.07 Å². The molecule has 0 radical (unpaired) electrons. The van der Waals surface area contributed by atoms with Crippen LogP contribution in [0.1, 0.15) is 34.6 Å². The number of nitrogens with one attached hydrogen (secondary N) is 1. The van der Waals surface area contributed by atoms with Gasteiger partial charge in [0.05, 0.1) is 7.11 Å². The minimum Gasteiger partial charge on any atom is -0.496 e. The first kappa shape index (κ1) is 11.5. The summed E-state index contributed by atoms with van der Waals surface area (Å²) in [6.45, 7) is 8.84. The molecule has 0 aliphatic carbocycles. The van der Waals surface area contributed by atoms with Crippen molar-refractivity contribution in [3.63, 3.8) is 0 Å². The second-order valence-electron chi connectivity index (χ2n) is 4.75. The smallest absolute Gasteiger partial charge is 0.122 e. The van der Waals surface area contributed by atoms with Crippen LogP contribution < -0.4 is 10.1 Å². The normalized spacial score (nSPS) is 20.1. The number of ether oxygens (including phenoxy) is 1. The SMILES string of the molecule is COc1cc(C)c(C2CCNC2)c(C)c1C. The van der Waals surface area contributed by atoms with Crippen molar-refractivity contribution in [1.82, 2.24) is 5.32 Å². The van der Waals surface area contributed by atoms with Crippen molar-refractivity contribution >= 4 is 0 Å². The van der Waals surface area contributed by atoms with Crippen molar-refractivity contribution in [3.05, 3.63) is 28.3 Å². The van der Waals surface area contributed by atoms with E-state index in [0.717, 1.165) is 18.8 Å². The molecule has 1 aliphatic heterocycles. The Morgan fingerprint density at radius 3 is 2.56 bits per heavy atom. The molecule has 0 amide bonds. The van der Waals surface area contributed by atoms with Crippen LogP contribution in [-0.2, 0) is 0 Å². The quantitative estimate of drug-likeness (QED) is 0.825. The second-order valence-corrected chi connectivity index (χ2v) is 4.75. The molecule has 2 nitrogen and oxygen atoms in total. The van der Waals surface area contributed by atoms with Crippen molar-refractivity contribution in [1.29, 1.82) is 0 Å². The summed E-state index contributed by atoms with van der Waals surface area (Å²) in [5.41, 5.74) is 5.59. The summed E-state index contributed by atoms with van der Waals surface area (Å²) >= 11 is 0. The summed E-state index contributed by atoms with van der Waals surface area (Å²) in [5, 5.41) is 3.44. The molecule has 1 fully saturated rings. The summed E-state index contributed by atoms with van der Waals surface area (Å²) in [6, 6.07) is 2.18. The Balaban J connectivity index is 2.48. The van der Waals surface area contributed by atoms with Crippen LogP contribution in [0.5, 0.6) is 5.75 Å². The number of aryl methyl sites for hydroxylation is 1. The van der Waals surface area contributed by atoms with Crippen molar-refractivity contribution in [2.45, 2.75) is 33.1 Å².